The van der Waals surface area contributed by atoms with E-state index in [-0.39, 0.29) is 10.9 Å². The topological polar surface area (TPSA) is 91.3 Å². The Kier molecular flexibility index (Phi) is 4.31. The number of hydrogen-bond acceptors (Lipinski definition) is 5. The Morgan fingerprint density at radius 1 is 1.25 bits per heavy atom. The van der Waals surface area contributed by atoms with Crippen molar-refractivity contribution in [2.24, 2.45) is 0 Å². The minimum Gasteiger partial charge on any atom is -0.476 e. The predicted octanol–water partition coefficient (Wildman–Crippen LogP) is 2.41. The van der Waals surface area contributed by atoms with Gasteiger partial charge in [0.2, 0.25) is 10.9 Å². The van der Waals surface area contributed by atoms with Crippen molar-refractivity contribution in [1.29, 1.82) is 0 Å². The van der Waals surface area contributed by atoms with Crippen LogP contribution in [0, 0.1) is 0 Å². The van der Waals surface area contributed by atoms with Gasteiger partial charge in [-0.25, -0.2) is 9.78 Å². The highest BCUT2D eigenvalue weighted by atomic mass is 32.1. The van der Waals surface area contributed by atoms with Crippen molar-refractivity contribution in [1.82, 2.24) is 4.98 Å². The summed E-state index contributed by atoms with van der Waals surface area (Å²) in [5.74, 6) is -1.13. The van der Waals surface area contributed by atoms with Crippen LogP contribution in [0.4, 0.5) is 11.4 Å². The first kappa shape index (κ1) is 14.0. The van der Waals surface area contributed by atoms with Crippen molar-refractivity contribution in [2.45, 2.75) is 13.5 Å². The smallest absolute Gasteiger partial charge is 0.365 e. The molecular weight excluding hydrogens is 278 g/mol. The summed E-state index contributed by atoms with van der Waals surface area (Å²) in [4.78, 5) is 25.6. The molecule has 1 amide bonds. The Balaban J connectivity index is 1.93. The lowest BCUT2D eigenvalue weighted by Crippen LogP contribution is -2.06. The van der Waals surface area contributed by atoms with Crippen LogP contribution in [-0.2, 0) is 11.3 Å². The van der Waals surface area contributed by atoms with E-state index in [4.69, 9.17) is 5.11 Å². The Morgan fingerprint density at radius 2 is 1.90 bits per heavy atom. The molecule has 1 aromatic carbocycles. The number of benzene rings is 1. The van der Waals surface area contributed by atoms with Gasteiger partial charge in [-0.1, -0.05) is 0 Å². The summed E-state index contributed by atoms with van der Waals surface area (Å²) in [5.41, 5.74) is 2.27. The minimum absolute atomic E-state index is 0.0859. The van der Waals surface area contributed by atoms with Gasteiger partial charge in [-0.15, -0.1) is 11.3 Å². The molecule has 2 rings (SSSR count). The third-order valence-electron chi connectivity index (χ3n) is 2.41. The van der Waals surface area contributed by atoms with Gasteiger partial charge in [0.05, 0.1) is 12.2 Å². The van der Waals surface area contributed by atoms with Crippen LogP contribution in [0.25, 0.3) is 0 Å². The first-order valence-electron chi connectivity index (χ1n) is 5.84. The highest BCUT2D eigenvalue weighted by molar-refractivity contribution is 7.11. The molecule has 0 aliphatic carbocycles. The molecule has 1 aromatic heterocycles. The lowest BCUT2D eigenvalue weighted by atomic mass is 10.2. The van der Waals surface area contributed by atoms with E-state index < -0.39 is 5.97 Å². The van der Waals surface area contributed by atoms with Gasteiger partial charge >= 0.3 is 5.97 Å². The van der Waals surface area contributed by atoms with Crippen molar-refractivity contribution in [3.05, 3.63) is 40.3 Å². The first-order valence-corrected chi connectivity index (χ1v) is 6.72. The molecule has 0 unspecified atom stereocenters. The number of nitrogens with zero attached hydrogens (tertiary/aromatic N) is 1. The molecule has 0 saturated heterocycles. The van der Waals surface area contributed by atoms with E-state index in [0.29, 0.717) is 12.2 Å². The van der Waals surface area contributed by atoms with Gasteiger partial charge in [0, 0.05) is 23.7 Å². The van der Waals surface area contributed by atoms with E-state index >= 15 is 0 Å². The van der Waals surface area contributed by atoms with Gasteiger partial charge in [-0.3, -0.25) is 4.79 Å². The van der Waals surface area contributed by atoms with Crippen molar-refractivity contribution >= 4 is 34.6 Å². The van der Waals surface area contributed by atoms with Crippen LogP contribution in [0.1, 0.15) is 22.4 Å². The zero-order valence-corrected chi connectivity index (χ0v) is 11.5. The van der Waals surface area contributed by atoms with Crippen LogP contribution in [0.5, 0.6) is 0 Å². The van der Waals surface area contributed by atoms with Crippen LogP contribution in [-0.4, -0.2) is 22.0 Å². The third-order valence-corrected chi connectivity index (χ3v) is 3.29. The maximum Gasteiger partial charge on any atom is 0.365 e. The molecular formula is C13H13N3O3S. The SMILES string of the molecule is CC(=O)Nc1ccc(NCc2csc(C(=O)O)n2)cc1. The second kappa shape index (κ2) is 6.16. The fourth-order valence-electron chi connectivity index (χ4n) is 1.55. The van der Waals surface area contributed by atoms with Crippen molar-refractivity contribution in [3.8, 4) is 0 Å². The van der Waals surface area contributed by atoms with Gasteiger partial charge in [-0.2, -0.15) is 0 Å². The summed E-state index contributed by atoms with van der Waals surface area (Å²) in [6.45, 7) is 1.90. The molecule has 0 atom stereocenters. The Bertz CT molecular complexity index is 622. The molecule has 0 fully saturated rings. The molecule has 0 radical (unpaired) electrons. The molecule has 2 aromatic rings. The van der Waals surface area contributed by atoms with Crippen LogP contribution >= 0.6 is 11.3 Å². The van der Waals surface area contributed by atoms with Gasteiger partial charge < -0.3 is 15.7 Å². The van der Waals surface area contributed by atoms with Crippen molar-refractivity contribution in [2.75, 3.05) is 10.6 Å². The largest absolute Gasteiger partial charge is 0.476 e. The molecule has 7 heteroatoms. The molecule has 104 valence electrons. The van der Waals surface area contributed by atoms with Crippen molar-refractivity contribution in [3.63, 3.8) is 0 Å². The molecule has 3 N–H and O–H groups in total. The average Bonchev–Trinajstić information content (AvgIpc) is 2.86. The van der Waals surface area contributed by atoms with E-state index in [2.05, 4.69) is 15.6 Å². The maximum atomic E-state index is 10.9. The summed E-state index contributed by atoms with van der Waals surface area (Å²) in [7, 11) is 0. The zero-order chi connectivity index (χ0) is 14.5. The number of hydrogen-bond donors (Lipinski definition) is 3. The zero-order valence-electron chi connectivity index (χ0n) is 10.7. The fourth-order valence-corrected chi connectivity index (χ4v) is 2.21. The molecule has 0 aliphatic rings. The van der Waals surface area contributed by atoms with Crippen LogP contribution in [0.15, 0.2) is 29.6 Å². The number of aromatic nitrogens is 1. The number of carbonyl (C=O) groups is 2. The number of anilines is 2. The average molecular weight is 291 g/mol. The first-order chi connectivity index (χ1) is 9.54. The van der Waals surface area contributed by atoms with Crippen LogP contribution < -0.4 is 10.6 Å². The number of rotatable bonds is 5. The Morgan fingerprint density at radius 3 is 2.45 bits per heavy atom. The summed E-state index contributed by atoms with van der Waals surface area (Å²) < 4.78 is 0. The molecule has 0 aliphatic heterocycles. The van der Waals surface area contributed by atoms with Crippen LogP contribution in [0.2, 0.25) is 0 Å². The molecule has 0 bridgehead atoms. The number of carbonyl (C=O) groups excluding carboxylic acids is 1. The second-order valence-electron chi connectivity index (χ2n) is 4.06. The van der Waals surface area contributed by atoms with E-state index in [1.807, 2.05) is 12.1 Å². The summed E-state index contributed by atoms with van der Waals surface area (Å²) in [5, 5.41) is 16.4. The molecule has 20 heavy (non-hydrogen) atoms. The number of aromatic carboxylic acids is 1. The Labute approximate surface area is 119 Å². The number of nitrogens with one attached hydrogen (secondary N) is 2. The van der Waals surface area contributed by atoms with E-state index in [1.165, 1.54) is 6.92 Å². The van der Waals surface area contributed by atoms with Gasteiger partial charge in [-0.05, 0) is 24.3 Å². The summed E-state index contributed by atoms with van der Waals surface area (Å²) in [6.07, 6.45) is 0. The van der Waals surface area contributed by atoms with Gasteiger partial charge in [0.1, 0.15) is 0 Å². The van der Waals surface area contributed by atoms with Gasteiger partial charge in [0.25, 0.3) is 0 Å². The lowest BCUT2D eigenvalue weighted by Gasteiger charge is -2.06. The highest BCUT2D eigenvalue weighted by Gasteiger charge is 2.08. The maximum absolute atomic E-state index is 10.9. The molecule has 0 spiro atoms. The number of amides is 1. The Hall–Kier alpha value is -2.41. The van der Waals surface area contributed by atoms with E-state index in [9.17, 15) is 9.59 Å². The third kappa shape index (κ3) is 3.79. The highest BCUT2D eigenvalue weighted by Crippen LogP contribution is 2.15. The van der Waals surface area contributed by atoms with E-state index in [1.54, 1.807) is 17.5 Å². The molecule has 0 saturated carbocycles. The number of carboxylic acid groups (broad SMARTS) is 1. The number of thiazole rings is 1. The second-order valence-corrected chi connectivity index (χ2v) is 4.92. The molecule has 6 nitrogen and oxygen atoms in total. The normalized spacial score (nSPS) is 10.1. The summed E-state index contributed by atoms with van der Waals surface area (Å²) in [6, 6.07) is 7.23. The van der Waals surface area contributed by atoms with Gasteiger partial charge in [0.15, 0.2) is 0 Å². The lowest BCUT2D eigenvalue weighted by molar-refractivity contribution is -0.114. The fraction of sp³-hybridized carbons (Fsp3) is 0.154. The van der Waals surface area contributed by atoms with Crippen LogP contribution in [0.3, 0.4) is 0 Å². The standard InChI is InChI=1S/C13H13N3O3S/c1-8(17)15-10-4-2-9(3-5-10)14-6-11-7-20-12(16-11)13(18)19/h2-5,7,14H,6H2,1H3,(H,15,17)(H,18,19). The molecule has 1 heterocycles. The quantitative estimate of drug-likeness (QED) is 0.787. The minimum atomic E-state index is -1.01. The number of carboxylic acids is 1. The van der Waals surface area contributed by atoms with E-state index in [0.717, 1.165) is 22.7 Å². The monoisotopic (exact) mass is 291 g/mol. The van der Waals surface area contributed by atoms with Crippen molar-refractivity contribution < 1.29 is 14.7 Å². The summed E-state index contributed by atoms with van der Waals surface area (Å²) >= 11 is 1.10. The predicted molar refractivity (Wildman–Crippen MR) is 77.1 cm³/mol.